The van der Waals surface area contributed by atoms with Crippen LogP contribution >= 0.6 is 0 Å². The van der Waals surface area contributed by atoms with Crippen LogP contribution in [-0.2, 0) is 15.9 Å². The first kappa shape index (κ1) is 20.6. The molecule has 0 bridgehead atoms. The third kappa shape index (κ3) is 7.66. The summed E-state index contributed by atoms with van der Waals surface area (Å²) in [7, 11) is 0. The van der Waals surface area contributed by atoms with Gasteiger partial charge in [-0.15, -0.1) is 0 Å². The summed E-state index contributed by atoms with van der Waals surface area (Å²) >= 11 is 0. The van der Waals surface area contributed by atoms with E-state index in [0.717, 1.165) is 45.3 Å². The van der Waals surface area contributed by atoms with Crippen molar-refractivity contribution >= 4 is 5.96 Å². The molecular weight excluding hydrogens is 340 g/mol. The van der Waals surface area contributed by atoms with Crippen molar-refractivity contribution in [1.29, 1.82) is 0 Å². The molecule has 0 amide bonds. The average Bonchev–Trinajstić information content (AvgIpc) is 3.13. The molecule has 0 aliphatic carbocycles. The molecule has 0 spiro atoms. The van der Waals surface area contributed by atoms with E-state index in [1.165, 1.54) is 12.1 Å². The van der Waals surface area contributed by atoms with Gasteiger partial charge >= 0.3 is 0 Å². The third-order valence-electron chi connectivity index (χ3n) is 4.14. The maximum Gasteiger partial charge on any atom is 0.191 e. The highest BCUT2D eigenvalue weighted by Gasteiger charge is 2.15. The molecule has 5 nitrogen and oxygen atoms in total. The summed E-state index contributed by atoms with van der Waals surface area (Å²) in [5.41, 5.74) is 0.485. The lowest BCUT2D eigenvalue weighted by molar-refractivity contribution is 0.0893. The van der Waals surface area contributed by atoms with Crippen LogP contribution in [0.15, 0.2) is 23.2 Å². The molecule has 2 N–H and O–H groups in total. The fraction of sp³-hybridized carbons (Fsp3) is 0.632. The molecule has 1 heterocycles. The number of hydrogen-bond donors (Lipinski definition) is 2. The van der Waals surface area contributed by atoms with Gasteiger partial charge in [0.2, 0.25) is 0 Å². The number of ether oxygens (including phenoxy) is 2. The number of hydrogen-bond acceptors (Lipinski definition) is 3. The smallest absolute Gasteiger partial charge is 0.191 e. The first-order valence-corrected chi connectivity index (χ1v) is 9.30. The van der Waals surface area contributed by atoms with Crippen molar-refractivity contribution < 1.29 is 18.3 Å². The zero-order valence-corrected chi connectivity index (χ0v) is 15.4. The first-order valence-electron chi connectivity index (χ1n) is 9.30. The molecule has 1 atom stereocenters. The average molecular weight is 369 g/mol. The van der Waals surface area contributed by atoms with Crippen molar-refractivity contribution in [3.05, 3.63) is 35.4 Å². The highest BCUT2D eigenvalue weighted by Crippen LogP contribution is 2.12. The lowest BCUT2D eigenvalue weighted by Crippen LogP contribution is -2.38. The van der Waals surface area contributed by atoms with Crippen LogP contribution in [0.4, 0.5) is 8.78 Å². The molecule has 0 radical (unpaired) electrons. The summed E-state index contributed by atoms with van der Waals surface area (Å²) in [6.45, 7) is 7.00. The molecule has 26 heavy (non-hydrogen) atoms. The van der Waals surface area contributed by atoms with Crippen LogP contribution in [0.5, 0.6) is 0 Å². The van der Waals surface area contributed by atoms with Gasteiger partial charge in [0, 0.05) is 44.8 Å². The van der Waals surface area contributed by atoms with Gasteiger partial charge in [-0.1, -0.05) is 6.07 Å². The van der Waals surface area contributed by atoms with Crippen molar-refractivity contribution in [2.45, 2.75) is 26.2 Å². The predicted octanol–water partition coefficient (Wildman–Crippen LogP) is 2.51. The van der Waals surface area contributed by atoms with Gasteiger partial charge in [0.25, 0.3) is 0 Å². The molecule has 1 aliphatic rings. The summed E-state index contributed by atoms with van der Waals surface area (Å²) in [4.78, 5) is 4.49. The molecular formula is C19H29F2N3O2. The first-order chi connectivity index (χ1) is 12.7. The number of nitrogens with zero attached hydrogens (tertiary/aromatic N) is 1. The van der Waals surface area contributed by atoms with E-state index in [0.29, 0.717) is 43.6 Å². The summed E-state index contributed by atoms with van der Waals surface area (Å²) < 4.78 is 37.5. The molecule has 1 unspecified atom stereocenters. The minimum absolute atomic E-state index is 0.461. The molecule has 1 saturated heterocycles. The minimum Gasteiger partial charge on any atom is -0.381 e. The van der Waals surface area contributed by atoms with Gasteiger partial charge in [-0.2, -0.15) is 0 Å². The van der Waals surface area contributed by atoms with Crippen LogP contribution in [0.3, 0.4) is 0 Å². The van der Waals surface area contributed by atoms with E-state index in [1.807, 2.05) is 6.92 Å². The van der Waals surface area contributed by atoms with Crippen molar-refractivity contribution in [3.8, 4) is 0 Å². The molecule has 7 heteroatoms. The lowest BCUT2D eigenvalue weighted by Gasteiger charge is -2.12. The number of benzene rings is 1. The van der Waals surface area contributed by atoms with Crippen molar-refractivity contribution in [2.24, 2.45) is 10.9 Å². The predicted molar refractivity (Wildman–Crippen MR) is 98.4 cm³/mol. The molecule has 1 fully saturated rings. The van der Waals surface area contributed by atoms with Crippen LogP contribution in [0.2, 0.25) is 0 Å². The van der Waals surface area contributed by atoms with Crippen LogP contribution in [0.25, 0.3) is 0 Å². The fourth-order valence-electron chi connectivity index (χ4n) is 2.70. The lowest BCUT2D eigenvalue weighted by atomic mass is 10.1. The van der Waals surface area contributed by atoms with Crippen molar-refractivity contribution in [1.82, 2.24) is 10.6 Å². The molecule has 1 aliphatic heterocycles. The molecule has 1 aromatic carbocycles. The Hall–Kier alpha value is -1.73. The SMILES string of the molecule is CCNC(=NCCCOCC1CCOC1)NCCc1ccc(F)cc1F. The second-order valence-electron chi connectivity index (χ2n) is 6.33. The highest BCUT2D eigenvalue weighted by molar-refractivity contribution is 5.79. The maximum atomic E-state index is 13.6. The molecule has 146 valence electrons. The van der Waals surface area contributed by atoms with Gasteiger partial charge in [0.15, 0.2) is 5.96 Å². The number of guanidine groups is 1. The summed E-state index contributed by atoms with van der Waals surface area (Å²) in [6, 6.07) is 3.66. The Morgan fingerprint density at radius 1 is 1.35 bits per heavy atom. The zero-order valence-electron chi connectivity index (χ0n) is 15.4. The van der Waals surface area contributed by atoms with Crippen LogP contribution in [0, 0.1) is 17.6 Å². The monoisotopic (exact) mass is 369 g/mol. The van der Waals surface area contributed by atoms with Gasteiger partial charge in [-0.05, 0) is 37.8 Å². The van der Waals surface area contributed by atoms with E-state index in [1.54, 1.807) is 0 Å². The van der Waals surface area contributed by atoms with E-state index in [-0.39, 0.29) is 0 Å². The number of halogens is 2. The van der Waals surface area contributed by atoms with E-state index in [9.17, 15) is 8.78 Å². The summed E-state index contributed by atoms with van der Waals surface area (Å²) in [5.74, 6) is 0.152. The quantitative estimate of drug-likeness (QED) is 0.378. The Morgan fingerprint density at radius 3 is 2.96 bits per heavy atom. The van der Waals surface area contributed by atoms with Gasteiger partial charge in [-0.3, -0.25) is 4.99 Å². The molecule has 1 aromatic rings. The Balaban J connectivity index is 1.63. The Labute approximate surface area is 154 Å². The maximum absolute atomic E-state index is 13.6. The third-order valence-corrected chi connectivity index (χ3v) is 4.14. The molecule has 0 aromatic heterocycles. The standard InChI is InChI=1S/C19H29F2N3O2/c1-2-22-19(23-8-3-10-25-13-15-7-11-26-14-15)24-9-6-16-4-5-17(20)12-18(16)21/h4-5,12,15H,2-3,6-11,13-14H2,1H3,(H2,22,23,24). The van der Waals surface area contributed by atoms with Crippen LogP contribution in [0.1, 0.15) is 25.3 Å². The molecule has 2 rings (SSSR count). The minimum atomic E-state index is -0.559. The zero-order chi connectivity index (χ0) is 18.6. The number of aliphatic imine (C=N–C) groups is 1. The summed E-state index contributed by atoms with van der Waals surface area (Å²) in [6.07, 6.45) is 2.39. The van der Waals surface area contributed by atoms with Crippen LogP contribution < -0.4 is 10.6 Å². The fourth-order valence-corrected chi connectivity index (χ4v) is 2.70. The Bertz CT molecular complexity index is 564. The van der Waals surface area contributed by atoms with Gasteiger partial charge in [-0.25, -0.2) is 8.78 Å². The van der Waals surface area contributed by atoms with E-state index in [2.05, 4.69) is 15.6 Å². The van der Waals surface area contributed by atoms with E-state index >= 15 is 0 Å². The number of nitrogens with one attached hydrogen (secondary N) is 2. The van der Waals surface area contributed by atoms with E-state index < -0.39 is 11.6 Å². The van der Waals surface area contributed by atoms with Gasteiger partial charge in [0.1, 0.15) is 11.6 Å². The normalized spacial score (nSPS) is 17.5. The van der Waals surface area contributed by atoms with Crippen LogP contribution in [-0.4, -0.2) is 52.0 Å². The van der Waals surface area contributed by atoms with Gasteiger partial charge < -0.3 is 20.1 Å². The van der Waals surface area contributed by atoms with Gasteiger partial charge in [0.05, 0.1) is 13.2 Å². The van der Waals surface area contributed by atoms with E-state index in [4.69, 9.17) is 9.47 Å². The number of rotatable bonds is 10. The largest absolute Gasteiger partial charge is 0.381 e. The van der Waals surface area contributed by atoms with Crippen molar-refractivity contribution in [2.75, 3.05) is 46.1 Å². The Morgan fingerprint density at radius 2 is 2.23 bits per heavy atom. The summed E-state index contributed by atoms with van der Waals surface area (Å²) in [5, 5.41) is 6.32. The topological polar surface area (TPSA) is 54.9 Å². The molecule has 0 saturated carbocycles. The second-order valence-corrected chi connectivity index (χ2v) is 6.33. The highest BCUT2D eigenvalue weighted by atomic mass is 19.1. The van der Waals surface area contributed by atoms with Crippen molar-refractivity contribution in [3.63, 3.8) is 0 Å². The second kappa shape index (κ2) is 11.8. The Kier molecular flexibility index (Phi) is 9.34.